The average Bonchev–Trinajstić information content (AvgIpc) is 2.75. The molecule has 0 radical (unpaired) electrons. The number of carbonyl (C=O) groups excluding carboxylic acids is 2. The highest BCUT2D eigenvalue weighted by molar-refractivity contribution is 5.77. The van der Waals surface area contributed by atoms with Gasteiger partial charge in [0.15, 0.2) is 0 Å². The van der Waals surface area contributed by atoms with Crippen molar-refractivity contribution in [2.45, 2.75) is 85.5 Å². The fraction of sp³-hybridized carbons (Fsp3) is 0.708. The molecule has 0 amide bonds. The van der Waals surface area contributed by atoms with Gasteiger partial charge in [-0.2, -0.15) is 0 Å². The van der Waals surface area contributed by atoms with E-state index in [2.05, 4.69) is 9.72 Å². The van der Waals surface area contributed by atoms with Crippen molar-refractivity contribution in [2.24, 2.45) is 11.3 Å². The van der Waals surface area contributed by atoms with Gasteiger partial charge in [0.1, 0.15) is 0 Å². The molecule has 0 atom stereocenters. The smallest absolute Gasteiger partial charge is 0.312 e. The Hall–Kier alpha value is -1.91. The van der Waals surface area contributed by atoms with Crippen molar-refractivity contribution in [1.82, 2.24) is 4.98 Å². The van der Waals surface area contributed by atoms with E-state index in [9.17, 15) is 9.59 Å². The molecule has 0 bridgehead atoms. The zero-order chi connectivity index (χ0) is 19.5. The highest BCUT2D eigenvalue weighted by Gasteiger charge is 2.40. The Morgan fingerprint density at radius 1 is 0.966 bits per heavy atom. The number of hydrogen-bond acceptors (Lipinski definition) is 5. The molecule has 0 aliphatic heterocycles. The minimum atomic E-state index is -0.332. The summed E-state index contributed by atoms with van der Waals surface area (Å²) in [6.45, 7) is 0. The van der Waals surface area contributed by atoms with E-state index in [4.69, 9.17) is 4.74 Å². The van der Waals surface area contributed by atoms with Crippen LogP contribution in [0.5, 0.6) is 0 Å². The summed E-state index contributed by atoms with van der Waals surface area (Å²) < 4.78 is 9.65. The number of pyridine rings is 1. The van der Waals surface area contributed by atoms with Crippen LogP contribution in [0.4, 0.5) is 0 Å². The lowest BCUT2D eigenvalue weighted by atomic mass is 9.71. The van der Waals surface area contributed by atoms with Crippen molar-refractivity contribution in [2.75, 3.05) is 14.2 Å². The van der Waals surface area contributed by atoms with Gasteiger partial charge in [-0.3, -0.25) is 14.6 Å². The molecular formula is C24H41NO4. The zero-order valence-corrected chi connectivity index (χ0v) is 16.7. The lowest BCUT2D eigenvalue weighted by Crippen LogP contribution is -2.36. The molecule has 0 N–H and O–H groups in total. The average molecular weight is 408 g/mol. The molecule has 1 aromatic rings. The first kappa shape index (κ1) is 27.1. The molecule has 3 rings (SSSR count). The molecule has 0 saturated heterocycles. The van der Waals surface area contributed by atoms with E-state index in [1.807, 2.05) is 18.2 Å². The van der Waals surface area contributed by atoms with Crippen molar-refractivity contribution in [3.8, 4) is 0 Å². The molecule has 5 nitrogen and oxygen atoms in total. The van der Waals surface area contributed by atoms with Crippen LogP contribution in [0.2, 0.25) is 0 Å². The Labute approximate surface area is 177 Å². The fourth-order valence-corrected chi connectivity index (χ4v) is 4.25. The molecule has 2 aliphatic rings. The second-order valence-corrected chi connectivity index (χ2v) is 7.69. The van der Waals surface area contributed by atoms with Crippen molar-refractivity contribution < 1.29 is 19.1 Å². The van der Waals surface area contributed by atoms with Gasteiger partial charge in [0, 0.05) is 18.3 Å². The minimum Gasteiger partial charge on any atom is -0.469 e. The van der Waals surface area contributed by atoms with Gasteiger partial charge in [0.05, 0.1) is 25.6 Å². The Balaban J connectivity index is 0.000000567. The topological polar surface area (TPSA) is 65.5 Å². The van der Waals surface area contributed by atoms with E-state index in [1.165, 1.54) is 39.9 Å². The van der Waals surface area contributed by atoms with E-state index in [-0.39, 0.29) is 38.1 Å². The third kappa shape index (κ3) is 8.15. The maximum Gasteiger partial charge on any atom is 0.312 e. The highest BCUT2D eigenvalue weighted by atomic mass is 16.5. The van der Waals surface area contributed by atoms with E-state index in [0.29, 0.717) is 6.42 Å². The SMILES string of the molecule is C.C.COC(=O)C1(Cc2ccccn2)CCCCC1.COC(=O)C1CCCCC1. The number of ether oxygens (including phenoxy) is 2. The molecule has 1 aromatic heterocycles. The lowest BCUT2D eigenvalue weighted by molar-refractivity contribution is -0.155. The van der Waals surface area contributed by atoms with Crippen molar-refractivity contribution in [1.29, 1.82) is 0 Å². The fourth-order valence-electron chi connectivity index (χ4n) is 4.25. The van der Waals surface area contributed by atoms with Crippen molar-refractivity contribution in [3.63, 3.8) is 0 Å². The van der Waals surface area contributed by atoms with Gasteiger partial charge in [-0.25, -0.2) is 0 Å². The van der Waals surface area contributed by atoms with Gasteiger partial charge in [0.2, 0.25) is 0 Å². The number of esters is 2. The summed E-state index contributed by atoms with van der Waals surface area (Å²) in [4.78, 5) is 27.3. The first-order valence-corrected chi connectivity index (χ1v) is 10.2. The summed E-state index contributed by atoms with van der Waals surface area (Å²) in [5.41, 5.74) is 0.654. The second kappa shape index (κ2) is 14.1. The minimum absolute atomic E-state index is 0. The number of hydrogen-bond donors (Lipinski definition) is 0. The van der Waals surface area contributed by atoms with Gasteiger partial charge < -0.3 is 9.47 Å². The van der Waals surface area contributed by atoms with Crippen LogP contribution in [0, 0.1) is 11.3 Å². The second-order valence-electron chi connectivity index (χ2n) is 7.69. The quantitative estimate of drug-likeness (QED) is 0.594. The molecule has 5 heteroatoms. The molecule has 2 aliphatic carbocycles. The van der Waals surface area contributed by atoms with Crippen LogP contribution in [-0.2, 0) is 25.5 Å². The molecule has 166 valence electrons. The number of carbonyl (C=O) groups is 2. The highest BCUT2D eigenvalue weighted by Crippen LogP contribution is 2.40. The summed E-state index contributed by atoms with van der Waals surface area (Å²) in [6, 6.07) is 5.85. The summed E-state index contributed by atoms with van der Waals surface area (Å²) in [7, 11) is 2.95. The Kier molecular flexibility index (Phi) is 13.2. The molecular weight excluding hydrogens is 366 g/mol. The Morgan fingerprint density at radius 2 is 1.59 bits per heavy atom. The van der Waals surface area contributed by atoms with Crippen LogP contribution in [0.25, 0.3) is 0 Å². The largest absolute Gasteiger partial charge is 0.469 e. The molecule has 2 saturated carbocycles. The Bertz CT molecular complexity index is 576. The predicted molar refractivity (Wildman–Crippen MR) is 118 cm³/mol. The maximum atomic E-state index is 12.0. The van der Waals surface area contributed by atoms with Crippen molar-refractivity contribution >= 4 is 11.9 Å². The van der Waals surface area contributed by atoms with E-state index < -0.39 is 0 Å². The summed E-state index contributed by atoms with van der Waals surface area (Å²) >= 11 is 0. The van der Waals surface area contributed by atoms with Crippen LogP contribution >= 0.6 is 0 Å². The lowest BCUT2D eigenvalue weighted by Gasteiger charge is -2.34. The van der Waals surface area contributed by atoms with Crippen LogP contribution in [-0.4, -0.2) is 31.1 Å². The van der Waals surface area contributed by atoms with Gasteiger partial charge in [0.25, 0.3) is 0 Å². The molecule has 2 fully saturated rings. The van der Waals surface area contributed by atoms with Crippen LogP contribution in [0.3, 0.4) is 0 Å². The summed E-state index contributed by atoms with van der Waals surface area (Å²) in [5.74, 6) is 0.126. The monoisotopic (exact) mass is 407 g/mol. The van der Waals surface area contributed by atoms with Crippen molar-refractivity contribution in [3.05, 3.63) is 30.1 Å². The van der Waals surface area contributed by atoms with Crippen LogP contribution in [0.1, 0.15) is 84.8 Å². The molecule has 0 spiro atoms. The number of aromatic nitrogens is 1. The number of nitrogens with zero attached hydrogens (tertiary/aromatic N) is 1. The van der Waals surface area contributed by atoms with Gasteiger partial charge >= 0.3 is 11.9 Å². The standard InChI is InChI=1S/C14H19NO2.C8H14O2.2CH4/c1-17-13(16)14(8-4-2-5-9-14)11-12-7-3-6-10-15-12;1-10-8(9)7-5-3-2-4-6-7;;/h3,6-7,10H,2,4-5,8-9,11H2,1H3;7H,2-6H2,1H3;2*1H4. The van der Waals surface area contributed by atoms with Crippen LogP contribution < -0.4 is 0 Å². The third-order valence-corrected chi connectivity index (χ3v) is 5.81. The normalized spacial score (nSPS) is 18.0. The Morgan fingerprint density at radius 3 is 2.10 bits per heavy atom. The first-order valence-electron chi connectivity index (χ1n) is 10.2. The molecule has 29 heavy (non-hydrogen) atoms. The third-order valence-electron chi connectivity index (χ3n) is 5.81. The number of methoxy groups -OCH3 is 2. The summed E-state index contributed by atoms with van der Waals surface area (Å²) in [5, 5.41) is 0. The number of rotatable bonds is 4. The van der Waals surface area contributed by atoms with Gasteiger partial charge in [-0.1, -0.05) is 59.4 Å². The molecule has 1 heterocycles. The maximum absolute atomic E-state index is 12.0. The molecule has 0 aromatic carbocycles. The molecule has 0 unspecified atom stereocenters. The summed E-state index contributed by atoms with van der Waals surface area (Å²) in [6.07, 6.45) is 13.5. The van der Waals surface area contributed by atoms with E-state index >= 15 is 0 Å². The predicted octanol–water partition coefficient (Wildman–Crippen LogP) is 5.76. The van der Waals surface area contributed by atoms with Crippen LogP contribution in [0.15, 0.2) is 24.4 Å². The van der Waals surface area contributed by atoms with Gasteiger partial charge in [-0.05, 0) is 37.8 Å². The van der Waals surface area contributed by atoms with E-state index in [0.717, 1.165) is 44.2 Å². The first-order chi connectivity index (χ1) is 13.1. The van der Waals surface area contributed by atoms with E-state index in [1.54, 1.807) is 6.20 Å². The zero-order valence-electron chi connectivity index (χ0n) is 16.7. The van der Waals surface area contributed by atoms with Gasteiger partial charge in [-0.15, -0.1) is 0 Å².